The van der Waals surface area contributed by atoms with Crippen molar-refractivity contribution < 1.29 is 9.53 Å². The van der Waals surface area contributed by atoms with Crippen LogP contribution in [0, 0.1) is 0 Å². The summed E-state index contributed by atoms with van der Waals surface area (Å²) in [6.45, 7) is 0. The van der Waals surface area contributed by atoms with Crippen LogP contribution in [0.1, 0.15) is 0 Å². The first-order valence-corrected chi connectivity index (χ1v) is 3.41. The molecule has 1 aromatic rings. The summed E-state index contributed by atoms with van der Waals surface area (Å²) in [5.41, 5.74) is 6.74. The van der Waals surface area contributed by atoms with Gasteiger partial charge in [-0.2, -0.15) is 0 Å². The zero-order valence-electron chi connectivity index (χ0n) is 6.70. The van der Waals surface area contributed by atoms with E-state index in [1.54, 1.807) is 25.3 Å². The molecule has 0 unspecified atom stereocenters. The minimum atomic E-state index is 0.504. The number of methoxy groups -OCH3 is 1. The van der Waals surface area contributed by atoms with E-state index in [2.05, 4.69) is 5.32 Å². The summed E-state index contributed by atoms with van der Waals surface area (Å²) >= 11 is 0. The molecule has 1 rings (SSSR count). The maximum Gasteiger partial charge on any atom is 0.211 e. The number of hydrogen-bond donors (Lipinski definition) is 2. The standard InChI is InChI=1S/C8H10N2O2/c1-12-8-3-2-6(10-5-11)4-7(8)9/h2-5H,9H2,1H3,(H,10,11). The fraction of sp³-hybridized carbons (Fsp3) is 0.125. The zero-order chi connectivity index (χ0) is 8.97. The number of hydrogen-bond acceptors (Lipinski definition) is 3. The Morgan fingerprint density at radius 1 is 1.58 bits per heavy atom. The van der Waals surface area contributed by atoms with Gasteiger partial charge in [0.25, 0.3) is 0 Å². The third kappa shape index (κ3) is 1.66. The Morgan fingerprint density at radius 3 is 2.83 bits per heavy atom. The molecule has 0 bridgehead atoms. The van der Waals surface area contributed by atoms with Gasteiger partial charge in [-0.1, -0.05) is 0 Å². The van der Waals surface area contributed by atoms with Crippen LogP contribution < -0.4 is 15.8 Å². The van der Waals surface area contributed by atoms with E-state index in [1.807, 2.05) is 0 Å². The van der Waals surface area contributed by atoms with Gasteiger partial charge in [0.15, 0.2) is 0 Å². The number of nitrogen functional groups attached to an aromatic ring is 1. The summed E-state index contributed by atoms with van der Waals surface area (Å²) in [6, 6.07) is 5.04. The van der Waals surface area contributed by atoms with Crippen molar-refractivity contribution in [2.75, 3.05) is 18.2 Å². The second kappa shape index (κ2) is 3.61. The van der Waals surface area contributed by atoms with E-state index >= 15 is 0 Å². The molecular formula is C8H10N2O2. The molecule has 4 nitrogen and oxygen atoms in total. The van der Waals surface area contributed by atoms with E-state index in [-0.39, 0.29) is 0 Å². The SMILES string of the molecule is COc1ccc(NC=O)cc1N. The van der Waals surface area contributed by atoms with Crippen LogP contribution in [0.15, 0.2) is 18.2 Å². The number of carbonyl (C=O) groups excluding carboxylic acids is 1. The zero-order valence-corrected chi connectivity index (χ0v) is 6.70. The number of anilines is 2. The molecule has 0 spiro atoms. The molecule has 0 fully saturated rings. The van der Waals surface area contributed by atoms with Gasteiger partial charge >= 0.3 is 0 Å². The van der Waals surface area contributed by atoms with Crippen molar-refractivity contribution in [1.29, 1.82) is 0 Å². The highest BCUT2D eigenvalue weighted by Crippen LogP contribution is 2.23. The summed E-state index contributed by atoms with van der Waals surface area (Å²) in [4.78, 5) is 10.1. The summed E-state index contributed by atoms with van der Waals surface area (Å²) in [5.74, 6) is 0.603. The van der Waals surface area contributed by atoms with Gasteiger partial charge in [0, 0.05) is 5.69 Å². The summed E-state index contributed by atoms with van der Waals surface area (Å²) in [6.07, 6.45) is 0.598. The number of amides is 1. The Morgan fingerprint density at radius 2 is 2.33 bits per heavy atom. The molecule has 0 heterocycles. The second-order valence-corrected chi connectivity index (χ2v) is 2.22. The summed E-state index contributed by atoms with van der Waals surface area (Å²) < 4.78 is 4.94. The molecular weight excluding hydrogens is 156 g/mol. The molecule has 0 atom stereocenters. The van der Waals surface area contributed by atoms with Crippen LogP contribution in [-0.4, -0.2) is 13.5 Å². The molecule has 4 heteroatoms. The van der Waals surface area contributed by atoms with Gasteiger partial charge in [0.05, 0.1) is 12.8 Å². The number of ether oxygens (including phenoxy) is 1. The van der Waals surface area contributed by atoms with Crippen LogP contribution in [0.4, 0.5) is 11.4 Å². The van der Waals surface area contributed by atoms with E-state index in [4.69, 9.17) is 10.5 Å². The van der Waals surface area contributed by atoms with Crippen LogP contribution in [0.5, 0.6) is 5.75 Å². The fourth-order valence-corrected chi connectivity index (χ4v) is 0.892. The number of nitrogens with one attached hydrogen (secondary N) is 1. The van der Waals surface area contributed by atoms with Crippen LogP contribution >= 0.6 is 0 Å². The van der Waals surface area contributed by atoms with Crippen molar-refractivity contribution in [2.24, 2.45) is 0 Å². The Bertz CT molecular complexity index is 286. The smallest absolute Gasteiger partial charge is 0.211 e. The molecule has 0 aromatic heterocycles. The summed E-state index contributed by atoms with van der Waals surface area (Å²) in [5, 5.41) is 2.48. The maximum atomic E-state index is 10.1. The molecule has 1 aromatic carbocycles. The van der Waals surface area contributed by atoms with E-state index in [0.29, 0.717) is 23.5 Å². The van der Waals surface area contributed by atoms with Crippen molar-refractivity contribution in [3.05, 3.63) is 18.2 Å². The number of carbonyl (C=O) groups is 1. The van der Waals surface area contributed by atoms with Gasteiger partial charge in [-0.3, -0.25) is 4.79 Å². The van der Waals surface area contributed by atoms with E-state index in [9.17, 15) is 4.79 Å². The Labute approximate surface area is 70.3 Å². The van der Waals surface area contributed by atoms with Gasteiger partial charge in [0.1, 0.15) is 5.75 Å². The van der Waals surface area contributed by atoms with Crippen LogP contribution in [0.2, 0.25) is 0 Å². The first kappa shape index (κ1) is 8.39. The molecule has 3 N–H and O–H groups in total. The lowest BCUT2D eigenvalue weighted by molar-refractivity contribution is -0.105. The van der Waals surface area contributed by atoms with Gasteiger partial charge in [0.2, 0.25) is 6.41 Å². The number of nitrogens with two attached hydrogens (primary N) is 1. The van der Waals surface area contributed by atoms with Crippen LogP contribution in [0.25, 0.3) is 0 Å². The Balaban J connectivity index is 2.93. The highest BCUT2D eigenvalue weighted by molar-refractivity contribution is 5.74. The lowest BCUT2D eigenvalue weighted by atomic mass is 10.2. The van der Waals surface area contributed by atoms with E-state index in [1.165, 1.54) is 0 Å². The van der Waals surface area contributed by atoms with Crippen molar-refractivity contribution >= 4 is 17.8 Å². The average Bonchev–Trinajstić information content (AvgIpc) is 2.05. The molecule has 0 radical (unpaired) electrons. The van der Waals surface area contributed by atoms with Crippen molar-refractivity contribution in [2.45, 2.75) is 0 Å². The fourth-order valence-electron chi connectivity index (χ4n) is 0.892. The minimum Gasteiger partial charge on any atom is -0.495 e. The monoisotopic (exact) mass is 166 g/mol. The summed E-state index contributed by atoms with van der Waals surface area (Å²) in [7, 11) is 1.54. The molecule has 12 heavy (non-hydrogen) atoms. The predicted molar refractivity (Wildman–Crippen MR) is 47.1 cm³/mol. The molecule has 0 saturated heterocycles. The average molecular weight is 166 g/mol. The normalized spacial score (nSPS) is 9.08. The van der Waals surface area contributed by atoms with Gasteiger partial charge in [-0.25, -0.2) is 0 Å². The predicted octanol–water partition coefficient (Wildman–Crippen LogP) is 0.846. The lowest BCUT2D eigenvalue weighted by Crippen LogP contribution is -1.97. The first-order chi connectivity index (χ1) is 5.77. The van der Waals surface area contributed by atoms with E-state index < -0.39 is 0 Å². The molecule has 0 aliphatic carbocycles. The molecule has 0 aliphatic heterocycles. The highest BCUT2D eigenvalue weighted by atomic mass is 16.5. The van der Waals surface area contributed by atoms with Crippen LogP contribution in [-0.2, 0) is 4.79 Å². The molecule has 64 valence electrons. The third-order valence-corrected chi connectivity index (χ3v) is 1.46. The van der Waals surface area contributed by atoms with Gasteiger partial charge in [-0.05, 0) is 18.2 Å². The third-order valence-electron chi connectivity index (χ3n) is 1.46. The maximum absolute atomic E-state index is 10.1. The van der Waals surface area contributed by atoms with Gasteiger partial charge in [-0.15, -0.1) is 0 Å². The quantitative estimate of drug-likeness (QED) is 0.516. The van der Waals surface area contributed by atoms with Crippen molar-refractivity contribution in [3.63, 3.8) is 0 Å². The first-order valence-electron chi connectivity index (χ1n) is 3.41. The molecule has 1 amide bonds. The largest absolute Gasteiger partial charge is 0.495 e. The number of benzene rings is 1. The topological polar surface area (TPSA) is 64.3 Å². The lowest BCUT2D eigenvalue weighted by Gasteiger charge is -2.05. The van der Waals surface area contributed by atoms with Crippen molar-refractivity contribution in [1.82, 2.24) is 0 Å². The van der Waals surface area contributed by atoms with E-state index in [0.717, 1.165) is 0 Å². The Kier molecular flexibility index (Phi) is 2.53. The van der Waals surface area contributed by atoms with Crippen LogP contribution in [0.3, 0.4) is 0 Å². The highest BCUT2D eigenvalue weighted by Gasteiger charge is 1.98. The number of rotatable bonds is 3. The molecule has 0 saturated carbocycles. The molecule has 0 aliphatic rings. The Hall–Kier alpha value is -1.71. The minimum absolute atomic E-state index is 0.504. The second-order valence-electron chi connectivity index (χ2n) is 2.22. The van der Waals surface area contributed by atoms with Crippen molar-refractivity contribution in [3.8, 4) is 5.75 Å². The van der Waals surface area contributed by atoms with Gasteiger partial charge < -0.3 is 15.8 Å².